The van der Waals surface area contributed by atoms with Gasteiger partial charge in [0.1, 0.15) is 0 Å². The van der Waals surface area contributed by atoms with Crippen molar-refractivity contribution in [2.24, 2.45) is 0 Å². The zero-order valence-electron chi connectivity index (χ0n) is 3.54. The van der Waals surface area contributed by atoms with Gasteiger partial charge in [-0.3, -0.25) is 0 Å². The van der Waals surface area contributed by atoms with Crippen LogP contribution in [0.1, 0.15) is 0 Å². The molecular formula is CrLiO4Ti. The minimum atomic E-state index is 0. The van der Waals surface area contributed by atoms with Crippen molar-refractivity contribution in [3.63, 3.8) is 0 Å². The van der Waals surface area contributed by atoms with Gasteiger partial charge < -0.3 is 21.9 Å². The van der Waals surface area contributed by atoms with Crippen LogP contribution in [0.3, 0.4) is 0 Å². The quantitative estimate of drug-likeness (QED) is 0.336. The standard InChI is InChI=1S/Cr.Li.4O.Ti/q+3;+1;4*-2;+4. The zero-order valence-corrected chi connectivity index (χ0v) is 6.38. The molecule has 0 spiro atoms. The van der Waals surface area contributed by atoms with E-state index in [1.54, 1.807) is 0 Å². The van der Waals surface area contributed by atoms with E-state index in [1.165, 1.54) is 0 Å². The Kier molecular flexibility index (Phi) is 3130. The third-order valence-electron chi connectivity index (χ3n) is 0. The van der Waals surface area contributed by atoms with Crippen LogP contribution in [0.5, 0.6) is 0 Å². The molecule has 7 heteroatoms. The maximum atomic E-state index is 0. The summed E-state index contributed by atoms with van der Waals surface area (Å²) in [4.78, 5) is 0. The molecular weight excluding hydrogens is 171 g/mol. The molecule has 0 saturated carbocycles. The van der Waals surface area contributed by atoms with Gasteiger partial charge >= 0.3 is 57.9 Å². The van der Waals surface area contributed by atoms with E-state index >= 15 is 0 Å². The fraction of sp³-hybridized carbons (Fsp3) is 0. The average Bonchev–Trinajstić information content (AvgIpc) is 0. The number of rotatable bonds is 0. The third-order valence-corrected chi connectivity index (χ3v) is 0. The molecule has 0 aliphatic heterocycles. The first kappa shape index (κ1) is 181. The minimum Gasteiger partial charge on any atom is -2.00 e. The summed E-state index contributed by atoms with van der Waals surface area (Å²) in [6.45, 7) is 0. The van der Waals surface area contributed by atoms with E-state index in [2.05, 4.69) is 0 Å². The second-order valence-electron chi connectivity index (χ2n) is 0. The van der Waals surface area contributed by atoms with Crippen molar-refractivity contribution in [2.75, 3.05) is 0 Å². The van der Waals surface area contributed by atoms with E-state index in [-0.39, 0.29) is 79.8 Å². The van der Waals surface area contributed by atoms with Crippen LogP contribution in [0.2, 0.25) is 0 Å². The fourth-order valence-corrected chi connectivity index (χ4v) is 0. The van der Waals surface area contributed by atoms with Gasteiger partial charge in [-0.25, -0.2) is 0 Å². The zero-order chi connectivity index (χ0) is 0. The Morgan fingerprint density at radius 3 is 0.571 bits per heavy atom. The molecule has 35 valence electrons. The van der Waals surface area contributed by atoms with Crippen LogP contribution in [0.4, 0.5) is 0 Å². The molecule has 1 radical (unpaired) electrons. The van der Waals surface area contributed by atoms with Crippen LogP contribution in [0, 0.1) is 0 Å². The second kappa shape index (κ2) is 121. The van der Waals surface area contributed by atoms with Crippen molar-refractivity contribution >= 4 is 0 Å². The van der Waals surface area contributed by atoms with E-state index in [1.807, 2.05) is 0 Å². The van der Waals surface area contributed by atoms with Crippen molar-refractivity contribution in [2.45, 2.75) is 0 Å². The van der Waals surface area contributed by atoms with Gasteiger partial charge in [0.2, 0.25) is 0 Å². The summed E-state index contributed by atoms with van der Waals surface area (Å²) >= 11 is 0. The molecule has 0 fully saturated rings. The van der Waals surface area contributed by atoms with E-state index in [0.717, 1.165) is 0 Å². The predicted molar refractivity (Wildman–Crippen MR) is 2.75 cm³/mol. The Balaban J connectivity index is 0. The molecule has 0 aliphatic carbocycles. The molecule has 4 nitrogen and oxygen atoms in total. The summed E-state index contributed by atoms with van der Waals surface area (Å²) in [5.41, 5.74) is 0. The Labute approximate surface area is 79.5 Å². The van der Waals surface area contributed by atoms with Gasteiger partial charge in [0.05, 0.1) is 0 Å². The van der Waals surface area contributed by atoms with E-state index in [0.29, 0.717) is 0 Å². The third kappa shape index (κ3) is 87.5. The van der Waals surface area contributed by atoms with Crippen LogP contribution < -0.4 is 18.9 Å². The summed E-state index contributed by atoms with van der Waals surface area (Å²) in [7, 11) is 0. The first-order valence-electron chi connectivity index (χ1n) is 0. The Hall–Kier alpha value is 1.68. The van der Waals surface area contributed by atoms with Gasteiger partial charge in [-0.2, -0.15) is 0 Å². The molecule has 0 amide bonds. The van der Waals surface area contributed by atoms with Gasteiger partial charge in [-0.05, 0) is 0 Å². The second-order valence-corrected chi connectivity index (χ2v) is 0. The number of hydrogen-bond acceptors (Lipinski definition) is 0. The molecule has 0 aliphatic rings. The topological polar surface area (TPSA) is 114 Å². The summed E-state index contributed by atoms with van der Waals surface area (Å²) < 4.78 is 0. The molecule has 0 N–H and O–H groups in total. The molecule has 0 unspecified atom stereocenters. The normalized spacial score (nSPS) is 0. The molecule has 7 heavy (non-hydrogen) atoms. The smallest absolute Gasteiger partial charge is 2.00 e. The van der Waals surface area contributed by atoms with Crippen molar-refractivity contribution in [3.05, 3.63) is 0 Å². The van der Waals surface area contributed by atoms with Crippen molar-refractivity contribution in [1.29, 1.82) is 0 Å². The summed E-state index contributed by atoms with van der Waals surface area (Å²) in [5.74, 6) is 0. The molecule has 0 aromatic carbocycles. The average molecular weight is 171 g/mol. The predicted octanol–water partition coefficient (Wildman–Crippen LogP) is -3.48. The molecule has 0 aromatic rings. The molecule has 0 bridgehead atoms. The molecule has 0 atom stereocenters. The molecule has 0 saturated heterocycles. The van der Waals surface area contributed by atoms with Crippen LogP contribution >= 0.6 is 0 Å². The first-order chi connectivity index (χ1) is 0. The maximum Gasteiger partial charge on any atom is 4.00 e. The van der Waals surface area contributed by atoms with Gasteiger partial charge in [0, 0.05) is 0 Å². The Bertz CT molecular complexity index is 11.7. The van der Waals surface area contributed by atoms with Crippen LogP contribution in [0.25, 0.3) is 0 Å². The SMILES string of the molecule is [Cr+3].[Li+].[O-2].[O-2].[O-2].[O-2].[Ti+4]. The van der Waals surface area contributed by atoms with Gasteiger partial charge in [0.25, 0.3) is 0 Å². The summed E-state index contributed by atoms with van der Waals surface area (Å²) in [6.07, 6.45) is 0. The first-order valence-corrected chi connectivity index (χ1v) is 0. The van der Waals surface area contributed by atoms with Crippen molar-refractivity contribution in [3.8, 4) is 0 Å². The maximum absolute atomic E-state index is 0. The Morgan fingerprint density at radius 2 is 0.571 bits per heavy atom. The van der Waals surface area contributed by atoms with E-state index in [9.17, 15) is 0 Å². The van der Waals surface area contributed by atoms with Gasteiger partial charge in [-0.15, -0.1) is 0 Å². The molecule has 0 aromatic heterocycles. The van der Waals surface area contributed by atoms with Gasteiger partial charge in [-0.1, -0.05) is 0 Å². The monoisotopic (exact) mass is 171 g/mol. The van der Waals surface area contributed by atoms with Crippen molar-refractivity contribution < 1.29 is 79.8 Å². The summed E-state index contributed by atoms with van der Waals surface area (Å²) in [5, 5.41) is 0. The Morgan fingerprint density at radius 1 is 0.571 bits per heavy atom. The van der Waals surface area contributed by atoms with Crippen molar-refractivity contribution in [1.82, 2.24) is 0 Å². The van der Waals surface area contributed by atoms with Gasteiger partial charge in [0.15, 0.2) is 0 Å². The van der Waals surface area contributed by atoms with Crippen LogP contribution in [0.15, 0.2) is 0 Å². The van der Waals surface area contributed by atoms with E-state index in [4.69, 9.17) is 0 Å². The van der Waals surface area contributed by atoms with Crippen LogP contribution in [-0.4, -0.2) is 0 Å². The largest absolute Gasteiger partial charge is 4.00 e. The molecule has 0 heterocycles. The van der Waals surface area contributed by atoms with E-state index < -0.39 is 0 Å². The molecule has 0 rings (SSSR count). The summed E-state index contributed by atoms with van der Waals surface area (Å²) in [6, 6.07) is 0. The fourth-order valence-electron chi connectivity index (χ4n) is 0. The van der Waals surface area contributed by atoms with Crippen LogP contribution in [-0.2, 0) is 61.0 Å². The number of hydrogen-bond donors (Lipinski definition) is 0. The minimum absolute atomic E-state index is 0.